The second-order valence-electron chi connectivity index (χ2n) is 4.61. The normalized spacial score (nSPS) is 17.9. The first-order valence-corrected chi connectivity index (χ1v) is 6.58. The van der Waals surface area contributed by atoms with Crippen molar-refractivity contribution in [2.24, 2.45) is 0 Å². The number of amides is 2. The molecular formula is C13H16ClN3O3. The van der Waals surface area contributed by atoms with Gasteiger partial charge < -0.3 is 20.7 Å². The van der Waals surface area contributed by atoms with E-state index in [1.54, 1.807) is 23.1 Å². The number of benzene rings is 1. The van der Waals surface area contributed by atoms with Crippen LogP contribution in [0.15, 0.2) is 18.2 Å². The summed E-state index contributed by atoms with van der Waals surface area (Å²) in [6, 6.07) is 4.70. The zero-order valence-corrected chi connectivity index (χ0v) is 11.8. The number of nitrogens with two attached hydrogens (primary N) is 1. The van der Waals surface area contributed by atoms with Crippen molar-refractivity contribution in [3.8, 4) is 0 Å². The van der Waals surface area contributed by atoms with Crippen LogP contribution in [0, 0.1) is 0 Å². The maximum absolute atomic E-state index is 12.4. The van der Waals surface area contributed by atoms with Gasteiger partial charge in [0.25, 0.3) is 5.91 Å². The minimum Gasteiger partial charge on any atom is -0.453 e. The molecule has 7 heteroatoms. The van der Waals surface area contributed by atoms with Gasteiger partial charge in [-0.3, -0.25) is 4.79 Å². The molecule has 0 aliphatic carbocycles. The number of methoxy groups -OCH3 is 1. The van der Waals surface area contributed by atoms with Crippen LogP contribution >= 0.6 is 11.6 Å². The average Bonchev–Trinajstić information content (AvgIpc) is 2.89. The van der Waals surface area contributed by atoms with Gasteiger partial charge in [-0.2, -0.15) is 0 Å². The Balaban J connectivity index is 2.04. The number of hydrogen-bond donors (Lipinski definition) is 2. The number of anilines is 1. The van der Waals surface area contributed by atoms with Crippen molar-refractivity contribution in [3.63, 3.8) is 0 Å². The molecule has 0 aromatic heterocycles. The molecule has 0 radical (unpaired) electrons. The summed E-state index contributed by atoms with van der Waals surface area (Å²) in [5.41, 5.74) is 6.54. The summed E-state index contributed by atoms with van der Waals surface area (Å²) in [7, 11) is 1.31. The number of alkyl carbamates (subject to hydrolysis) is 1. The number of nitrogens with one attached hydrogen (secondary N) is 1. The van der Waals surface area contributed by atoms with Crippen LogP contribution in [-0.4, -0.2) is 43.1 Å². The van der Waals surface area contributed by atoms with Gasteiger partial charge in [0.2, 0.25) is 0 Å². The van der Waals surface area contributed by atoms with Crippen LogP contribution in [0.4, 0.5) is 10.5 Å². The molecule has 1 unspecified atom stereocenters. The Labute approximate surface area is 121 Å². The fourth-order valence-corrected chi connectivity index (χ4v) is 2.36. The number of ether oxygens (including phenoxy) is 1. The molecule has 3 N–H and O–H groups in total. The van der Waals surface area contributed by atoms with Gasteiger partial charge in [-0.05, 0) is 24.6 Å². The maximum Gasteiger partial charge on any atom is 0.407 e. The van der Waals surface area contributed by atoms with E-state index in [0.29, 0.717) is 35.8 Å². The van der Waals surface area contributed by atoms with Gasteiger partial charge >= 0.3 is 6.09 Å². The zero-order chi connectivity index (χ0) is 14.7. The van der Waals surface area contributed by atoms with E-state index in [0.717, 1.165) is 0 Å². The van der Waals surface area contributed by atoms with E-state index in [1.165, 1.54) is 7.11 Å². The Morgan fingerprint density at radius 2 is 2.25 bits per heavy atom. The lowest BCUT2D eigenvalue weighted by Gasteiger charge is -2.17. The summed E-state index contributed by atoms with van der Waals surface area (Å²) in [5, 5.41) is 3.05. The van der Waals surface area contributed by atoms with Crippen molar-refractivity contribution in [2.45, 2.75) is 12.5 Å². The first-order valence-electron chi connectivity index (χ1n) is 6.20. The molecule has 2 amide bonds. The first kappa shape index (κ1) is 14.5. The quantitative estimate of drug-likeness (QED) is 0.810. The third kappa shape index (κ3) is 3.14. The topological polar surface area (TPSA) is 84.7 Å². The maximum atomic E-state index is 12.4. The fraction of sp³-hybridized carbons (Fsp3) is 0.385. The van der Waals surface area contributed by atoms with Crippen LogP contribution in [0.5, 0.6) is 0 Å². The number of nitrogen functional groups attached to an aromatic ring is 1. The van der Waals surface area contributed by atoms with Crippen molar-refractivity contribution < 1.29 is 14.3 Å². The third-order valence-corrected chi connectivity index (χ3v) is 3.53. The lowest BCUT2D eigenvalue weighted by molar-refractivity contribution is 0.0788. The van der Waals surface area contributed by atoms with Gasteiger partial charge in [0.15, 0.2) is 0 Å². The molecule has 1 aliphatic rings. The Bertz CT molecular complexity index is 536. The van der Waals surface area contributed by atoms with Gasteiger partial charge in [0, 0.05) is 18.8 Å². The molecule has 0 bridgehead atoms. The molecule has 2 rings (SSSR count). The molecule has 1 heterocycles. The number of hydrogen-bond acceptors (Lipinski definition) is 4. The first-order chi connectivity index (χ1) is 9.51. The smallest absolute Gasteiger partial charge is 0.407 e. The molecule has 1 aromatic carbocycles. The number of rotatable bonds is 2. The predicted octanol–water partition coefficient (Wildman–Crippen LogP) is 1.49. The summed E-state index contributed by atoms with van der Waals surface area (Å²) in [6.07, 6.45) is 0.187. The zero-order valence-electron chi connectivity index (χ0n) is 11.1. The minimum absolute atomic E-state index is 0.105. The van der Waals surface area contributed by atoms with Gasteiger partial charge in [0.05, 0.1) is 23.7 Å². The highest BCUT2D eigenvalue weighted by atomic mass is 35.5. The van der Waals surface area contributed by atoms with Crippen LogP contribution in [0.1, 0.15) is 16.8 Å². The van der Waals surface area contributed by atoms with Gasteiger partial charge in [0.1, 0.15) is 0 Å². The van der Waals surface area contributed by atoms with Crippen molar-refractivity contribution >= 4 is 29.3 Å². The Kier molecular flexibility index (Phi) is 4.34. The number of carbonyl (C=O) groups is 2. The van der Waals surface area contributed by atoms with E-state index in [2.05, 4.69) is 10.1 Å². The Hall–Kier alpha value is -1.95. The van der Waals surface area contributed by atoms with Gasteiger partial charge in [-0.25, -0.2) is 4.79 Å². The van der Waals surface area contributed by atoms with E-state index in [-0.39, 0.29) is 11.9 Å². The summed E-state index contributed by atoms with van der Waals surface area (Å²) in [4.78, 5) is 25.1. The molecule has 6 nitrogen and oxygen atoms in total. The van der Waals surface area contributed by atoms with Crippen LogP contribution in [0.25, 0.3) is 0 Å². The lowest BCUT2D eigenvalue weighted by atomic mass is 10.2. The van der Waals surface area contributed by atoms with E-state index in [9.17, 15) is 9.59 Å². The molecule has 1 aliphatic heterocycles. The molecule has 0 saturated carbocycles. The summed E-state index contributed by atoms with van der Waals surface area (Å²) in [6.45, 7) is 0.984. The van der Waals surface area contributed by atoms with Crippen molar-refractivity contribution in [2.75, 3.05) is 25.9 Å². The third-order valence-electron chi connectivity index (χ3n) is 3.20. The molecular weight excluding hydrogens is 282 g/mol. The van der Waals surface area contributed by atoms with Gasteiger partial charge in [-0.1, -0.05) is 11.6 Å². The highest BCUT2D eigenvalue weighted by molar-refractivity contribution is 6.34. The molecule has 1 aromatic rings. The Morgan fingerprint density at radius 3 is 2.95 bits per heavy atom. The second kappa shape index (κ2) is 6.00. The Morgan fingerprint density at radius 1 is 1.50 bits per heavy atom. The van der Waals surface area contributed by atoms with Crippen LogP contribution in [0.2, 0.25) is 5.02 Å². The molecule has 1 atom stereocenters. The fourth-order valence-electron chi connectivity index (χ4n) is 2.17. The average molecular weight is 298 g/mol. The lowest BCUT2D eigenvalue weighted by Crippen LogP contribution is -2.38. The SMILES string of the molecule is COC(=O)NC1CCN(C(=O)c2cc(N)ccc2Cl)C1. The summed E-state index contributed by atoms with van der Waals surface area (Å²) >= 11 is 6.02. The molecule has 1 fully saturated rings. The number of nitrogens with zero attached hydrogens (tertiary/aromatic N) is 1. The number of likely N-dealkylation sites (tertiary alicyclic amines) is 1. The van der Waals surface area contributed by atoms with Crippen LogP contribution in [-0.2, 0) is 4.74 Å². The van der Waals surface area contributed by atoms with E-state index in [4.69, 9.17) is 17.3 Å². The van der Waals surface area contributed by atoms with Crippen LogP contribution < -0.4 is 11.1 Å². The monoisotopic (exact) mass is 297 g/mol. The highest BCUT2D eigenvalue weighted by Gasteiger charge is 2.29. The van der Waals surface area contributed by atoms with Crippen molar-refractivity contribution in [1.82, 2.24) is 10.2 Å². The molecule has 108 valence electrons. The summed E-state index contributed by atoms with van der Waals surface area (Å²) < 4.78 is 4.54. The highest BCUT2D eigenvalue weighted by Crippen LogP contribution is 2.22. The second-order valence-corrected chi connectivity index (χ2v) is 5.02. The van der Waals surface area contributed by atoms with Crippen LogP contribution in [0.3, 0.4) is 0 Å². The largest absolute Gasteiger partial charge is 0.453 e. The predicted molar refractivity (Wildman–Crippen MR) is 75.7 cm³/mol. The van der Waals surface area contributed by atoms with Crippen molar-refractivity contribution in [3.05, 3.63) is 28.8 Å². The number of carbonyl (C=O) groups excluding carboxylic acids is 2. The van der Waals surface area contributed by atoms with E-state index >= 15 is 0 Å². The molecule has 1 saturated heterocycles. The number of halogens is 1. The van der Waals surface area contributed by atoms with E-state index in [1.807, 2.05) is 0 Å². The minimum atomic E-state index is -0.494. The molecule has 20 heavy (non-hydrogen) atoms. The van der Waals surface area contributed by atoms with Gasteiger partial charge in [-0.15, -0.1) is 0 Å². The van der Waals surface area contributed by atoms with Crippen molar-refractivity contribution in [1.29, 1.82) is 0 Å². The molecule has 0 spiro atoms. The summed E-state index contributed by atoms with van der Waals surface area (Å²) in [5.74, 6) is -0.184. The standard InChI is InChI=1S/C13H16ClN3O3/c1-20-13(19)16-9-4-5-17(7-9)12(18)10-6-8(15)2-3-11(10)14/h2-3,6,9H,4-5,7,15H2,1H3,(H,16,19). The van der Waals surface area contributed by atoms with E-state index < -0.39 is 6.09 Å².